The van der Waals surface area contributed by atoms with Gasteiger partial charge < -0.3 is 15.5 Å². The van der Waals surface area contributed by atoms with Crippen molar-refractivity contribution in [3.8, 4) is 6.07 Å². The van der Waals surface area contributed by atoms with Gasteiger partial charge in [0.2, 0.25) is 5.95 Å². The maximum atomic E-state index is 8.80. The lowest BCUT2D eigenvalue weighted by molar-refractivity contribution is 0.257. The quantitative estimate of drug-likeness (QED) is 0.816. The van der Waals surface area contributed by atoms with E-state index in [2.05, 4.69) is 33.9 Å². The van der Waals surface area contributed by atoms with Crippen LogP contribution in [-0.4, -0.2) is 48.1 Å². The second-order valence-electron chi connectivity index (χ2n) is 4.79. The Kier molecular flexibility index (Phi) is 3.63. The molecule has 0 spiro atoms. The molecule has 2 N–H and O–H groups in total. The summed E-state index contributed by atoms with van der Waals surface area (Å²) in [7, 11) is 4.17. The van der Waals surface area contributed by atoms with Crippen molar-refractivity contribution in [1.82, 2.24) is 14.9 Å². The summed E-state index contributed by atoms with van der Waals surface area (Å²) in [4.78, 5) is 12.8. The van der Waals surface area contributed by atoms with Gasteiger partial charge >= 0.3 is 0 Å². The fourth-order valence-corrected chi connectivity index (χ4v) is 2.18. The predicted octanol–water partition coefficient (Wildman–Crippen LogP) is 0.461. The normalized spacial score (nSPS) is 19.9. The molecule has 0 amide bonds. The minimum atomic E-state index is 0.259. The zero-order chi connectivity index (χ0) is 13.1. The van der Waals surface area contributed by atoms with Gasteiger partial charge in [-0.1, -0.05) is 0 Å². The van der Waals surface area contributed by atoms with E-state index in [-0.39, 0.29) is 5.82 Å². The Morgan fingerprint density at radius 1 is 1.56 bits per heavy atom. The molecule has 18 heavy (non-hydrogen) atoms. The fourth-order valence-electron chi connectivity index (χ4n) is 2.18. The largest absolute Gasteiger partial charge is 0.382 e. The Morgan fingerprint density at radius 2 is 2.33 bits per heavy atom. The molecule has 6 heteroatoms. The van der Waals surface area contributed by atoms with Crippen LogP contribution in [0.5, 0.6) is 0 Å². The smallest absolute Gasteiger partial charge is 0.227 e. The molecule has 1 atom stereocenters. The van der Waals surface area contributed by atoms with Crippen molar-refractivity contribution in [2.75, 3.05) is 37.8 Å². The highest BCUT2D eigenvalue weighted by Crippen LogP contribution is 2.19. The maximum Gasteiger partial charge on any atom is 0.227 e. The summed E-state index contributed by atoms with van der Waals surface area (Å²) in [6, 6.07) is 2.49. The Bertz CT molecular complexity index is 464. The van der Waals surface area contributed by atoms with E-state index < -0.39 is 0 Å². The highest BCUT2D eigenvalue weighted by Gasteiger charge is 2.23. The predicted molar refractivity (Wildman–Crippen MR) is 70.1 cm³/mol. The molecular formula is C12H18N6. The molecule has 0 bridgehead atoms. The third kappa shape index (κ3) is 2.51. The number of anilines is 2. The van der Waals surface area contributed by atoms with Crippen LogP contribution in [0.4, 0.5) is 11.8 Å². The van der Waals surface area contributed by atoms with E-state index in [4.69, 9.17) is 11.0 Å². The van der Waals surface area contributed by atoms with Gasteiger partial charge in [0, 0.05) is 19.1 Å². The van der Waals surface area contributed by atoms with Crippen molar-refractivity contribution in [3.05, 3.63) is 11.8 Å². The third-order valence-corrected chi connectivity index (χ3v) is 3.34. The summed E-state index contributed by atoms with van der Waals surface area (Å²) in [5.74, 6) is 0.882. The molecule has 0 aromatic carbocycles. The maximum absolute atomic E-state index is 8.80. The van der Waals surface area contributed by atoms with E-state index in [0.717, 1.165) is 19.5 Å². The van der Waals surface area contributed by atoms with Gasteiger partial charge in [-0.2, -0.15) is 10.2 Å². The molecule has 1 aromatic rings. The summed E-state index contributed by atoms with van der Waals surface area (Å²) in [5.41, 5.74) is 6.06. The summed E-state index contributed by atoms with van der Waals surface area (Å²) in [5, 5.41) is 8.80. The zero-order valence-corrected chi connectivity index (χ0v) is 10.8. The van der Waals surface area contributed by atoms with Crippen LogP contribution in [0.25, 0.3) is 0 Å². The lowest BCUT2D eigenvalue weighted by Crippen LogP contribution is -2.45. The fraction of sp³-hybridized carbons (Fsp3) is 0.583. The number of hydrogen-bond acceptors (Lipinski definition) is 6. The van der Waals surface area contributed by atoms with Crippen molar-refractivity contribution in [3.63, 3.8) is 0 Å². The first-order valence-corrected chi connectivity index (χ1v) is 6.06. The van der Waals surface area contributed by atoms with Crippen LogP contribution in [-0.2, 0) is 0 Å². The number of nitrogens with zero attached hydrogens (tertiary/aromatic N) is 5. The van der Waals surface area contributed by atoms with Gasteiger partial charge in [-0.05, 0) is 26.9 Å². The number of nitrogens with two attached hydrogens (primary N) is 1. The van der Waals surface area contributed by atoms with E-state index in [1.807, 2.05) is 6.07 Å². The second kappa shape index (κ2) is 5.19. The Morgan fingerprint density at radius 3 is 2.94 bits per heavy atom. The third-order valence-electron chi connectivity index (χ3n) is 3.34. The molecule has 1 aliphatic heterocycles. The van der Waals surface area contributed by atoms with Gasteiger partial charge in [0.1, 0.15) is 17.5 Å². The standard InChI is InChI=1S/C12H18N6/c1-17(2)10-4-3-5-18(8-10)12-15-7-9(6-13)11(14)16-12/h7,10H,3-5,8H2,1-2H3,(H2,14,15,16)/t10-/m0/s1. The van der Waals surface area contributed by atoms with Crippen LogP contribution in [0.2, 0.25) is 0 Å². The monoisotopic (exact) mass is 246 g/mol. The van der Waals surface area contributed by atoms with E-state index in [9.17, 15) is 0 Å². The SMILES string of the molecule is CN(C)[C@H]1CCCN(c2ncc(C#N)c(N)n2)C1. The molecular weight excluding hydrogens is 228 g/mol. The van der Waals surface area contributed by atoms with Crippen molar-refractivity contribution in [2.24, 2.45) is 0 Å². The van der Waals surface area contributed by atoms with Crippen molar-refractivity contribution in [2.45, 2.75) is 18.9 Å². The Hall–Kier alpha value is -1.87. The van der Waals surface area contributed by atoms with Crippen molar-refractivity contribution >= 4 is 11.8 Å². The minimum absolute atomic E-state index is 0.259. The molecule has 6 nitrogen and oxygen atoms in total. The molecule has 2 heterocycles. The Labute approximate surface area is 107 Å². The number of piperidine rings is 1. The van der Waals surface area contributed by atoms with E-state index in [0.29, 0.717) is 17.6 Å². The summed E-state index contributed by atoms with van der Waals surface area (Å²) >= 11 is 0. The highest BCUT2D eigenvalue weighted by molar-refractivity contribution is 5.50. The summed E-state index contributed by atoms with van der Waals surface area (Å²) in [6.45, 7) is 1.84. The molecule has 1 fully saturated rings. The first-order valence-electron chi connectivity index (χ1n) is 6.06. The second-order valence-corrected chi connectivity index (χ2v) is 4.79. The number of hydrogen-bond donors (Lipinski definition) is 1. The van der Waals surface area contributed by atoms with Gasteiger partial charge in [0.15, 0.2) is 0 Å². The van der Waals surface area contributed by atoms with E-state index in [1.165, 1.54) is 12.6 Å². The summed E-state index contributed by atoms with van der Waals surface area (Å²) in [6.07, 6.45) is 3.80. The van der Waals surface area contributed by atoms with Gasteiger partial charge in [-0.25, -0.2) is 4.98 Å². The van der Waals surface area contributed by atoms with Crippen LogP contribution in [0, 0.1) is 11.3 Å². The van der Waals surface area contributed by atoms with Crippen LogP contribution < -0.4 is 10.6 Å². The Balaban J connectivity index is 2.16. The molecule has 1 saturated heterocycles. The first-order chi connectivity index (χ1) is 8.61. The van der Waals surface area contributed by atoms with E-state index in [1.54, 1.807) is 0 Å². The van der Waals surface area contributed by atoms with Crippen molar-refractivity contribution < 1.29 is 0 Å². The van der Waals surface area contributed by atoms with E-state index >= 15 is 0 Å². The molecule has 96 valence electrons. The first kappa shape index (κ1) is 12.6. The van der Waals surface area contributed by atoms with Gasteiger partial charge in [0.25, 0.3) is 0 Å². The molecule has 1 aliphatic rings. The lowest BCUT2D eigenvalue weighted by Gasteiger charge is -2.36. The van der Waals surface area contributed by atoms with Gasteiger partial charge in [-0.15, -0.1) is 0 Å². The number of likely N-dealkylation sites (N-methyl/N-ethyl adjacent to an activating group) is 1. The number of nitriles is 1. The molecule has 0 saturated carbocycles. The number of nitrogen functional groups attached to an aromatic ring is 1. The zero-order valence-electron chi connectivity index (χ0n) is 10.8. The molecule has 2 rings (SSSR count). The molecule has 1 aromatic heterocycles. The summed E-state index contributed by atoms with van der Waals surface area (Å²) < 4.78 is 0. The molecule has 0 radical (unpaired) electrons. The average Bonchev–Trinajstić information content (AvgIpc) is 2.38. The highest BCUT2D eigenvalue weighted by atomic mass is 15.3. The van der Waals surface area contributed by atoms with Gasteiger partial charge in [0.05, 0.1) is 6.20 Å². The van der Waals surface area contributed by atoms with Crippen LogP contribution in [0.1, 0.15) is 18.4 Å². The lowest BCUT2D eigenvalue weighted by atomic mass is 10.1. The van der Waals surface area contributed by atoms with Crippen LogP contribution in [0.15, 0.2) is 6.20 Å². The molecule has 0 aliphatic carbocycles. The number of aromatic nitrogens is 2. The van der Waals surface area contributed by atoms with Crippen LogP contribution >= 0.6 is 0 Å². The minimum Gasteiger partial charge on any atom is -0.382 e. The number of rotatable bonds is 2. The van der Waals surface area contributed by atoms with Gasteiger partial charge in [-0.3, -0.25) is 0 Å². The van der Waals surface area contributed by atoms with Crippen LogP contribution in [0.3, 0.4) is 0 Å². The topological polar surface area (TPSA) is 82.1 Å². The van der Waals surface area contributed by atoms with Crippen molar-refractivity contribution in [1.29, 1.82) is 5.26 Å². The molecule has 0 unspecified atom stereocenters. The average molecular weight is 246 g/mol.